The minimum absolute atomic E-state index is 0.0678. The molecule has 1 N–H and O–H groups in total. The number of aliphatic hydroxyl groups excluding tert-OH is 1. The number of carbonyl (C=O) groups excluding carboxylic acids is 3. The van der Waals surface area contributed by atoms with Gasteiger partial charge in [0.25, 0.3) is 5.91 Å². The van der Waals surface area contributed by atoms with Gasteiger partial charge in [0.05, 0.1) is 40.3 Å². The maximum absolute atomic E-state index is 13.1. The lowest BCUT2D eigenvalue weighted by Gasteiger charge is -2.36. The minimum Gasteiger partial charge on any atom is -0.511 e. The number of nitrogens with zero attached hydrogens (tertiary/aromatic N) is 4. The number of allylic oxidation sites excluding steroid dienone is 2. The van der Waals surface area contributed by atoms with Gasteiger partial charge in [-0.3, -0.25) is 29.2 Å². The van der Waals surface area contributed by atoms with Crippen LogP contribution in [0.25, 0.3) is 0 Å². The smallest absolute Gasteiger partial charge is 0.251 e. The van der Waals surface area contributed by atoms with Crippen LogP contribution in [0.5, 0.6) is 0 Å². The Kier molecular flexibility index (Phi) is 7.66. The molecule has 0 unspecified atom stereocenters. The molecule has 0 aromatic heterocycles. The van der Waals surface area contributed by atoms with Crippen molar-refractivity contribution in [2.75, 3.05) is 44.2 Å². The number of piperazine rings is 1. The molecule has 2 fully saturated rings. The first kappa shape index (κ1) is 25.8. The predicted molar refractivity (Wildman–Crippen MR) is 136 cm³/mol. The molecule has 0 saturated carbocycles. The van der Waals surface area contributed by atoms with Crippen molar-refractivity contribution in [2.24, 2.45) is 10.4 Å². The molecule has 2 saturated heterocycles. The van der Waals surface area contributed by atoms with Crippen LogP contribution in [-0.4, -0.2) is 84.0 Å². The van der Waals surface area contributed by atoms with E-state index < -0.39 is 6.04 Å². The fourth-order valence-corrected chi connectivity index (χ4v) is 5.19. The zero-order valence-corrected chi connectivity index (χ0v) is 21.5. The number of aliphatic hydroxyl groups is 1. The molecule has 1 aromatic rings. The zero-order chi connectivity index (χ0) is 25.3. The predicted octanol–water partition coefficient (Wildman–Crippen LogP) is 3.51. The van der Waals surface area contributed by atoms with Gasteiger partial charge in [-0.15, -0.1) is 0 Å². The number of aliphatic imine (C=N–C) groups is 1. The van der Waals surface area contributed by atoms with Crippen LogP contribution in [0.1, 0.15) is 33.1 Å². The van der Waals surface area contributed by atoms with Crippen LogP contribution in [0.3, 0.4) is 0 Å². The normalized spacial score (nSPS) is 24.3. The quantitative estimate of drug-likeness (QED) is 0.455. The van der Waals surface area contributed by atoms with E-state index in [1.807, 2.05) is 13.8 Å². The van der Waals surface area contributed by atoms with Crippen LogP contribution in [0, 0.1) is 5.41 Å². The van der Waals surface area contributed by atoms with Crippen molar-refractivity contribution in [2.45, 2.75) is 39.2 Å². The Morgan fingerprint density at radius 1 is 1.09 bits per heavy atom. The summed E-state index contributed by atoms with van der Waals surface area (Å²) in [6.07, 6.45) is 2.54. The Morgan fingerprint density at radius 3 is 2.46 bits per heavy atom. The number of imide groups is 1. The number of amides is 2. The number of halogens is 2. The summed E-state index contributed by atoms with van der Waals surface area (Å²) in [6.45, 7) is 8.00. The number of hydrogen-bond acceptors (Lipinski definition) is 7. The summed E-state index contributed by atoms with van der Waals surface area (Å²) in [4.78, 5) is 47.8. The maximum atomic E-state index is 13.1. The van der Waals surface area contributed by atoms with Crippen LogP contribution in [0.2, 0.25) is 10.0 Å². The summed E-state index contributed by atoms with van der Waals surface area (Å²) >= 11 is 12.0. The van der Waals surface area contributed by atoms with E-state index >= 15 is 0 Å². The van der Waals surface area contributed by atoms with Gasteiger partial charge in [-0.2, -0.15) is 0 Å². The highest BCUT2D eigenvalue weighted by molar-refractivity contribution is 6.42. The molecule has 35 heavy (non-hydrogen) atoms. The Balaban J connectivity index is 1.27. The van der Waals surface area contributed by atoms with E-state index in [4.69, 9.17) is 23.2 Å². The highest BCUT2D eigenvalue weighted by atomic mass is 35.5. The molecule has 1 aromatic carbocycles. The maximum Gasteiger partial charge on any atom is 0.251 e. The molecule has 10 heteroatoms. The SMILES string of the molecule is CC1(C)CC(=O)C(C=NCCN2CCN([C@@H]3CC(=O)N(c4ccc(Cl)c(Cl)c4)C3=O)CC2)=C(O)C1. The van der Waals surface area contributed by atoms with E-state index in [0.29, 0.717) is 60.3 Å². The van der Waals surface area contributed by atoms with E-state index in [1.54, 1.807) is 12.1 Å². The fraction of sp³-hybridized carbons (Fsp3) is 0.520. The fourth-order valence-electron chi connectivity index (χ4n) is 4.90. The van der Waals surface area contributed by atoms with E-state index in [0.717, 1.165) is 13.1 Å². The first-order valence-corrected chi connectivity index (χ1v) is 12.5. The van der Waals surface area contributed by atoms with Crippen LogP contribution in [0.4, 0.5) is 5.69 Å². The summed E-state index contributed by atoms with van der Waals surface area (Å²) in [5, 5.41) is 10.9. The second-order valence-electron chi connectivity index (χ2n) is 10.1. The van der Waals surface area contributed by atoms with Gasteiger partial charge >= 0.3 is 0 Å². The van der Waals surface area contributed by atoms with Crippen molar-refractivity contribution in [3.8, 4) is 0 Å². The Hall–Kier alpha value is -2.26. The Morgan fingerprint density at radius 2 is 1.80 bits per heavy atom. The highest BCUT2D eigenvalue weighted by Gasteiger charge is 2.43. The second-order valence-corrected chi connectivity index (χ2v) is 10.9. The summed E-state index contributed by atoms with van der Waals surface area (Å²) in [7, 11) is 0. The monoisotopic (exact) mass is 520 g/mol. The standard InChI is InChI=1S/C25H30Cl2N4O4/c1-25(2)13-21(32)17(22(33)14-25)15-28-5-6-29-7-9-30(10-8-29)20-12-23(34)31(24(20)35)16-3-4-18(26)19(27)11-16/h3-4,11,15,20,32H,5-10,12-14H2,1-2H3/t20-/m1/s1. The van der Waals surface area contributed by atoms with Crippen LogP contribution in [0.15, 0.2) is 34.5 Å². The van der Waals surface area contributed by atoms with Gasteiger partial charge in [-0.25, -0.2) is 4.90 Å². The molecule has 2 heterocycles. The van der Waals surface area contributed by atoms with Crippen LogP contribution in [-0.2, 0) is 14.4 Å². The molecule has 2 amide bonds. The van der Waals surface area contributed by atoms with Crippen molar-refractivity contribution >= 4 is 52.7 Å². The van der Waals surface area contributed by atoms with Gasteiger partial charge in [0.2, 0.25) is 5.91 Å². The molecule has 0 spiro atoms. The lowest BCUT2D eigenvalue weighted by atomic mass is 9.77. The van der Waals surface area contributed by atoms with Gasteiger partial charge in [-0.05, 0) is 23.6 Å². The second kappa shape index (κ2) is 10.4. The van der Waals surface area contributed by atoms with E-state index in [-0.39, 0.29) is 35.2 Å². The molecule has 1 aliphatic carbocycles. The molecule has 3 aliphatic rings. The lowest BCUT2D eigenvalue weighted by Crippen LogP contribution is -2.52. The minimum atomic E-state index is -0.478. The van der Waals surface area contributed by atoms with Crippen molar-refractivity contribution < 1.29 is 19.5 Å². The number of ketones is 1. The molecule has 2 aliphatic heterocycles. The van der Waals surface area contributed by atoms with Crippen LogP contribution < -0.4 is 4.90 Å². The molecule has 1 atom stereocenters. The largest absolute Gasteiger partial charge is 0.511 e. The van der Waals surface area contributed by atoms with Gasteiger partial charge in [0, 0.05) is 51.8 Å². The molecular weight excluding hydrogens is 491 g/mol. The third kappa shape index (κ3) is 5.77. The first-order chi connectivity index (χ1) is 16.6. The summed E-state index contributed by atoms with van der Waals surface area (Å²) in [6, 6.07) is 4.27. The lowest BCUT2D eigenvalue weighted by molar-refractivity contribution is -0.123. The number of Topliss-reactive ketones (excluding diaryl/α,β-unsaturated/α-hetero) is 1. The third-order valence-corrected chi connectivity index (χ3v) is 7.53. The molecular formula is C25H30Cl2N4O4. The topological polar surface area (TPSA) is 93.5 Å². The number of hydrogen-bond donors (Lipinski definition) is 1. The summed E-state index contributed by atoms with van der Waals surface area (Å²) in [5.41, 5.74) is 0.544. The Bertz CT molecular complexity index is 1090. The van der Waals surface area contributed by atoms with Crippen molar-refractivity contribution in [3.63, 3.8) is 0 Å². The molecule has 0 radical (unpaired) electrons. The van der Waals surface area contributed by atoms with Crippen molar-refractivity contribution in [3.05, 3.63) is 39.6 Å². The van der Waals surface area contributed by atoms with Gasteiger partial charge in [0.1, 0.15) is 5.76 Å². The van der Waals surface area contributed by atoms with E-state index in [9.17, 15) is 19.5 Å². The summed E-state index contributed by atoms with van der Waals surface area (Å²) in [5.74, 6) is -0.427. The van der Waals surface area contributed by atoms with Gasteiger partial charge in [0.15, 0.2) is 5.78 Å². The van der Waals surface area contributed by atoms with E-state index in [2.05, 4.69) is 14.8 Å². The Labute approximate surface area is 215 Å². The van der Waals surface area contributed by atoms with Gasteiger partial charge < -0.3 is 5.11 Å². The number of carbonyl (C=O) groups is 3. The average molecular weight is 521 g/mol. The van der Waals surface area contributed by atoms with Gasteiger partial charge in [-0.1, -0.05) is 37.0 Å². The zero-order valence-electron chi connectivity index (χ0n) is 20.0. The number of anilines is 1. The number of rotatable bonds is 6. The first-order valence-electron chi connectivity index (χ1n) is 11.8. The van der Waals surface area contributed by atoms with Crippen molar-refractivity contribution in [1.29, 1.82) is 0 Å². The van der Waals surface area contributed by atoms with Crippen LogP contribution >= 0.6 is 23.2 Å². The number of benzene rings is 1. The third-order valence-electron chi connectivity index (χ3n) is 6.79. The molecule has 4 rings (SSSR count). The highest BCUT2D eigenvalue weighted by Crippen LogP contribution is 2.35. The summed E-state index contributed by atoms with van der Waals surface area (Å²) < 4.78 is 0. The van der Waals surface area contributed by atoms with E-state index in [1.165, 1.54) is 17.2 Å². The molecule has 188 valence electrons. The molecule has 0 bridgehead atoms. The van der Waals surface area contributed by atoms with Crippen molar-refractivity contribution in [1.82, 2.24) is 9.80 Å². The average Bonchev–Trinajstić information content (AvgIpc) is 3.08. The molecule has 8 nitrogen and oxygen atoms in total.